The second-order valence-corrected chi connectivity index (χ2v) is 8.97. The first-order valence-electron chi connectivity index (χ1n) is 11.8. The fourth-order valence-electron chi connectivity index (χ4n) is 4.85. The monoisotopic (exact) mass is 381 g/mol. The van der Waals surface area contributed by atoms with E-state index >= 15 is 0 Å². The zero-order chi connectivity index (χ0) is 19.5. The van der Waals surface area contributed by atoms with Gasteiger partial charge < -0.3 is 10.0 Å². The highest BCUT2D eigenvalue weighted by molar-refractivity contribution is 5.36. The van der Waals surface area contributed by atoms with E-state index < -0.39 is 5.60 Å². The molecule has 3 rings (SSSR count). The smallest absolute Gasteiger partial charge is 0.129 e. The van der Waals surface area contributed by atoms with Crippen molar-refractivity contribution in [2.75, 3.05) is 19.6 Å². The van der Waals surface area contributed by atoms with Gasteiger partial charge in [0, 0.05) is 18.0 Å². The van der Waals surface area contributed by atoms with E-state index in [4.69, 9.17) is 0 Å². The maximum absolute atomic E-state index is 11.8. The first-order chi connectivity index (χ1) is 13.8. The molecule has 2 heteroatoms. The number of nitrogens with zero attached hydrogens (tertiary/aromatic N) is 1. The van der Waals surface area contributed by atoms with E-state index in [0.29, 0.717) is 0 Å². The number of likely N-dealkylation sites (tertiary alicyclic amines) is 1. The van der Waals surface area contributed by atoms with Crippen molar-refractivity contribution in [3.63, 3.8) is 0 Å². The molecule has 2 unspecified atom stereocenters. The van der Waals surface area contributed by atoms with E-state index in [1.165, 1.54) is 77.3 Å². The van der Waals surface area contributed by atoms with Gasteiger partial charge in [-0.25, -0.2) is 0 Å². The molecule has 28 heavy (non-hydrogen) atoms. The zero-order valence-electron chi connectivity index (χ0n) is 17.7. The highest BCUT2D eigenvalue weighted by Crippen LogP contribution is 2.31. The van der Waals surface area contributed by atoms with Crippen molar-refractivity contribution in [3.05, 3.63) is 35.9 Å². The minimum Gasteiger partial charge on any atom is -0.377 e. The van der Waals surface area contributed by atoms with Gasteiger partial charge >= 0.3 is 0 Å². The average Bonchev–Trinajstić information content (AvgIpc) is 2.73. The summed E-state index contributed by atoms with van der Waals surface area (Å²) in [7, 11) is 0. The number of benzene rings is 1. The van der Waals surface area contributed by atoms with Crippen LogP contribution >= 0.6 is 0 Å². The summed E-state index contributed by atoms with van der Waals surface area (Å²) in [6.45, 7) is 3.40. The van der Waals surface area contributed by atoms with Crippen LogP contribution in [0.25, 0.3) is 0 Å². The summed E-state index contributed by atoms with van der Waals surface area (Å²) < 4.78 is 0. The molecule has 1 N–H and O–H groups in total. The summed E-state index contributed by atoms with van der Waals surface area (Å²) in [5.41, 5.74) is 0.158. The second-order valence-electron chi connectivity index (χ2n) is 8.97. The lowest BCUT2D eigenvalue weighted by molar-refractivity contribution is 0.00185. The minimum atomic E-state index is -0.855. The van der Waals surface area contributed by atoms with Crippen LogP contribution in [0.2, 0.25) is 0 Å². The largest absolute Gasteiger partial charge is 0.377 e. The van der Waals surface area contributed by atoms with Gasteiger partial charge in [0.2, 0.25) is 0 Å². The first kappa shape index (κ1) is 21.4. The maximum Gasteiger partial charge on any atom is 0.129 e. The van der Waals surface area contributed by atoms with Crippen LogP contribution in [-0.4, -0.2) is 35.2 Å². The van der Waals surface area contributed by atoms with Gasteiger partial charge in [0.1, 0.15) is 5.60 Å². The van der Waals surface area contributed by atoms with Crippen molar-refractivity contribution in [1.29, 1.82) is 0 Å². The van der Waals surface area contributed by atoms with Crippen LogP contribution in [-0.2, 0) is 0 Å². The third-order valence-corrected chi connectivity index (χ3v) is 6.66. The van der Waals surface area contributed by atoms with Gasteiger partial charge in [-0.05, 0) is 57.3 Å². The summed E-state index contributed by atoms with van der Waals surface area (Å²) in [5.74, 6) is 6.97. The zero-order valence-corrected chi connectivity index (χ0v) is 17.7. The van der Waals surface area contributed by atoms with Crippen LogP contribution in [0.5, 0.6) is 0 Å². The maximum atomic E-state index is 11.8. The fraction of sp³-hybridized carbons (Fsp3) is 0.692. The van der Waals surface area contributed by atoms with Gasteiger partial charge in [0.15, 0.2) is 0 Å². The SMILES string of the molecule is OC1(C#Cc2ccccc2)CCCCCCCCCCC1CN1CCCCC1. The molecule has 154 valence electrons. The number of hydrogen-bond donors (Lipinski definition) is 1. The molecule has 2 atom stereocenters. The Morgan fingerprint density at radius 2 is 1.43 bits per heavy atom. The molecule has 2 fully saturated rings. The molecule has 1 aromatic carbocycles. The Hall–Kier alpha value is -1.30. The standard InChI is InChI=1S/C26H39NO/c28-26(20-18-24-15-9-7-10-16-24)19-12-6-4-2-1-3-5-11-17-25(26)23-27-21-13-8-14-22-27/h7,9-10,15-16,25,28H,1-6,8,11-14,17,19,21-23H2. The molecule has 0 aromatic heterocycles. The Bertz CT molecular complexity index is 610. The molecule has 2 nitrogen and oxygen atoms in total. The Balaban J connectivity index is 1.78. The molecule has 1 aliphatic heterocycles. The van der Waals surface area contributed by atoms with Crippen molar-refractivity contribution in [2.45, 2.75) is 89.1 Å². The van der Waals surface area contributed by atoms with E-state index in [1.54, 1.807) is 0 Å². The van der Waals surface area contributed by atoms with E-state index in [0.717, 1.165) is 31.4 Å². The summed E-state index contributed by atoms with van der Waals surface area (Å²) in [5, 5.41) is 11.8. The average molecular weight is 382 g/mol. The molecular formula is C26H39NO. The molecule has 2 aliphatic rings. The quantitative estimate of drug-likeness (QED) is 0.656. The van der Waals surface area contributed by atoms with Gasteiger partial charge in [-0.2, -0.15) is 0 Å². The predicted octanol–water partition coefficient (Wildman–Crippen LogP) is 5.79. The topological polar surface area (TPSA) is 23.5 Å². The van der Waals surface area contributed by atoms with Crippen molar-refractivity contribution < 1.29 is 5.11 Å². The number of hydrogen-bond acceptors (Lipinski definition) is 2. The number of rotatable bonds is 2. The summed E-state index contributed by atoms with van der Waals surface area (Å²) in [6.07, 6.45) is 16.2. The molecule has 1 saturated carbocycles. The van der Waals surface area contributed by atoms with Crippen molar-refractivity contribution >= 4 is 0 Å². The molecule has 1 aromatic rings. The van der Waals surface area contributed by atoms with Crippen molar-refractivity contribution in [2.24, 2.45) is 5.92 Å². The van der Waals surface area contributed by atoms with Crippen LogP contribution in [0.1, 0.15) is 89.0 Å². The second kappa shape index (κ2) is 11.6. The Morgan fingerprint density at radius 1 is 0.821 bits per heavy atom. The Kier molecular flexibility index (Phi) is 8.90. The number of aliphatic hydroxyl groups is 1. The third kappa shape index (κ3) is 6.94. The van der Waals surface area contributed by atoms with E-state index in [-0.39, 0.29) is 5.92 Å². The van der Waals surface area contributed by atoms with Crippen LogP contribution < -0.4 is 0 Å². The van der Waals surface area contributed by atoms with Gasteiger partial charge in [0.25, 0.3) is 0 Å². The molecule has 0 radical (unpaired) electrons. The highest BCUT2D eigenvalue weighted by atomic mass is 16.3. The Labute approximate surface area is 172 Å². The van der Waals surface area contributed by atoms with Crippen LogP contribution in [0.4, 0.5) is 0 Å². The lowest BCUT2D eigenvalue weighted by atomic mass is 9.79. The van der Waals surface area contributed by atoms with E-state index in [2.05, 4.69) is 16.7 Å². The normalized spacial score (nSPS) is 28.4. The predicted molar refractivity (Wildman–Crippen MR) is 118 cm³/mol. The molecule has 0 bridgehead atoms. The van der Waals surface area contributed by atoms with E-state index in [9.17, 15) is 5.11 Å². The molecule has 0 amide bonds. The van der Waals surface area contributed by atoms with E-state index in [1.807, 2.05) is 30.3 Å². The van der Waals surface area contributed by atoms with Gasteiger partial charge in [-0.1, -0.05) is 81.4 Å². The van der Waals surface area contributed by atoms with Crippen molar-refractivity contribution in [1.82, 2.24) is 4.90 Å². The van der Waals surface area contributed by atoms with Gasteiger partial charge in [-0.3, -0.25) is 0 Å². The molecule has 0 spiro atoms. The van der Waals surface area contributed by atoms with Crippen LogP contribution in [0, 0.1) is 17.8 Å². The molecular weight excluding hydrogens is 342 g/mol. The van der Waals surface area contributed by atoms with Gasteiger partial charge in [0.05, 0.1) is 0 Å². The minimum absolute atomic E-state index is 0.265. The fourth-order valence-corrected chi connectivity index (χ4v) is 4.85. The first-order valence-corrected chi connectivity index (χ1v) is 11.8. The van der Waals surface area contributed by atoms with Crippen LogP contribution in [0.3, 0.4) is 0 Å². The summed E-state index contributed by atoms with van der Waals surface area (Å²) >= 11 is 0. The van der Waals surface area contributed by atoms with Crippen molar-refractivity contribution in [3.8, 4) is 11.8 Å². The third-order valence-electron chi connectivity index (χ3n) is 6.66. The summed E-state index contributed by atoms with van der Waals surface area (Å²) in [6, 6.07) is 10.2. The molecule has 1 heterocycles. The van der Waals surface area contributed by atoms with Gasteiger partial charge in [-0.15, -0.1) is 0 Å². The lowest BCUT2D eigenvalue weighted by Crippen LogP contribution is -2.45. The molecule has 1 saturated heterocycles. The lowest BCUT2D eigenvalue weighted by Gasteiger charge is -2.37. The number of piperidine rings is 1. The summed E-state index contributed by atoms with van der Waals surface area (Å²) in [4.78, 5) is 2.59. The highest BCUT2D eigenvalue weighted by Gasteiger charge is 2.35. The van der Waals surface area contributed by atoms with Crippen LogP contribution in [0.15, 0.2) is 30.3 Å². The Morgan fingerprint density at radius 3 is 2.14 bits per heavy atom. The molecule has 1 aliphatic carbocycles.